The number of nitrogen functional groups attached to an aromatic ring is 1. The van der Waals surface area contributed by atoms with E-state index >= 15 is 0 Å². The van der Waals surface area contributed by atoms with Gasteiger partial charge in [0.25, 0.3) is 0 Å². The Morgan fingerprint density at radius 2 is 2.11 bits per heavy atom. The molecular weight excluding hydrogens is 282 g/mol. The molecule has 0 spiro atoms. The fraction of sp³-hybridized carbons (Fsp3) is 0.308. The zero-order chi connectivity index (χ0) is 14.2. The zero-order valence-electron chi connectivity index (χ0n) is 11.1. The van der Waals surface area contributed by atoms with Crippen LogP contribution in [0.5, 0.6) is 0 Å². The van der Waals surface area contributed by atoms with Crippen LogP contribution in [0.2, 0.25) is 5.02 Å². The Bertz CT molecular complexity index is 652. The third-order valence-corrected chi connectivity index (χ3v) is 4.83. The molecule has 19 heavy (non-hydrogen) atoms. The summed E-state index contributed by atoms with van der Waals surface area (Å²) in [7, 11) is 0.564. The molecule has 0 amide bonds. The van der Waals surface area contributed by atoms with Gasteiger partial charge in [0, 0.05) is 12.7 Å². The fourth-order valence-corrected chi connectivity index (χ4v) is 3.50. The lowest BCUT2D eigenvalue weighted by Gasteiger charge is -2.07. The molecule has 102 valence electrons. The summed E-state index contributed by atoms with van der Waals surface area (Å²) in [6.45, 7) is 3.78. The Morgan fingerprint density at radius 3 is 2.63 bits per heavy atom. The van der Waals surface area contributed by atoms with Crippen LogP contribution >= 0.6 is 11.6 Å². The van der Waals surface area contributed by atoms with E-state index in [0.29, 0.717) is 21.4 Å². The van der Waals surface area contributed by atoms with Crippen LogP contribution in [-0.2, 0) is 23.6 Å². The monoisotopic (exact) mass is 297 g/mol. The van der Waals surface area contributed by atoms with Crippen LogP contribution in [-0.4, -0.2) is 14.0 Å². The Labute approximate surface area is 120 Å². The van der Waals surface area contributed by atoms with Crippen molar-refractivity contribution in [1.29, 1.82) is 0 Å². The first-order valence-corrected chi connectivity index (χ1v) is 7.52. The van der Waals surface area contributed by atoms with Gasteiger partial charge in [-0.25, -0.2) is 0 Å². The molecule has 1 aromatic carbocycles. The first-order valence-electron chi connectivity index (χ1n) is 5.82. The first kappa shape index (κ1) is 14.1. The van der Waals surface area contributed by atoms with Crippen LogP contribution in [0.1, 0.15) is 17.0 Å². The Kier molecular flexibility index (Phi) is 3.96. The minimum Gasteiger partial charge on any atom is -0.398 e. The molecule has 2 aromatic rings. The number of benzene rings is 1. The number of nitrogens with zero attached hydrogens (tertiary/aromatic N) is 2. The molecule has 1 unspecified atom stereocenters. The molecule has 0 saturated carbocycles. The summed E-state index contributed by atoms with van der Waals surface area (Å²) in [6.07, 6.45) is 0. The van der Waals surface area contributed by atoms with Gasteiger partial charge in [0.2, 0.25) is 0 Å². The summed E-state index contributed by atoms with van der Waals surface area (Å²) < 4.78 is 14.1. The van der Waals surface area contributed by atoms with Gasteiger partial charge in [-0.2, -0.15) is 5.10 Å². The molecule has 0 aliphatic carbocycles. The second-order valence-electron chi connectivity index (χ2n) is 4.50. The van der Waals surface area contributed by atoms with E-state index in [2.05, 4.69) is 5.10 Å². The van der Waals surface area contributed by atoms with Crippen LogP contribution in [0.3, 0.4) is 0 Å². The number of hydrogen-bond donors (Lipinski definition) is 1. The molecule has 1 atom stereocenters. The Balaban J connectivity index is 2.31. The van der Waals surface area contributed by atoms with Crippen molar-refractivity contribution >= 4 is 28.1 Å². The number of aryl methyl sites for hydroxylation is 3. The summed E-state index contributed by atoms with van der Waals surface area (Å²) >= 11 is 6.16. The average Bonchev–Trinajstić information content (AvgIpc) is 2.56. The molecule has 0 aliphatic rings. The molecule has 1 aromatic heterocycles. The molecule has 0 bridgehead atoms. The highest BCUT2D eigenvalue weighted by molar-refractivity contribution is 7.84. The van der Waals surface area contributed by atoms with Gasteiger partial charge in [0.1, 0.15) is 0 Å². The van der Waals surface area contributed by atoms with Gasteiger partial charge in [-0.3, -0.25) is 8.89 Å². The Hall–Kier alpha value is -1.33. The topological polar surface area (TPSA) is 60.9 Å². The highest BCUT2D eigenvalue weighted by Gasteiger charge is 2.16. The number of halogens is 1. The third kappa shape index (κ3) is 2.82. The quantitative estimate of drug-likeness (QED) is 0.886. The minimum atomic E-state index is -1.23. The van der Waals surface area contributed by atoms with Gasteiger partial charge in [0.15, 0.2) is 0 Å². The number of hydrogen-bond acceptors (Lipinski definition) is 3. The molecule has 0 aliphatic heterocycles. The maximum absolute atomic E-state index is 12.4. The predicted molar refractivity (Wildman–Crippen MR) is 78.7 cm³/mol. The normalized spacial score (nSPS) is 12.6. The van der Waals surface area contributed by atoms with E-state index in [1.807, 2.05) is 26.0 Å². The molecule has 0 radical (unpaired) electrons. The van der Waals surface area contributed by atoms with E-state index in [1.54, 1.807) is 17.8 Å². The van der Waals surface area contributed by atoms with E-state index in [9.17, 15) is 4.21 Å². The van der Waals surface area contributed by atoms with E-state index < -0.39 is 10.8 Å². The van der Waals surface area contributed by atoms with Gasteiger partial charge < -0.3 is 5.73 Å². The van der Waals surface area contributed by atoms with Gasteiger partial charge in [-0.05, 0) is 31.5 Å². The summed E-state index contributed by atoms with van der Waals surface area (Å²) in [4.78, 5) is 0.639. The van der Waals surface area contributed by atoms with E-state index in [1.165, 1.54) is 0 Å². The van der Waals surface area contributed by atoms with Crippen LogP contribution < -0.4 is 5.73 Å². The lowest BCUT2D eigenvalue weighted by molar-refractivity contribution is 0.676. The fourth-order valence-electron chi connectivity index (χ4n) is 1.91. The van der Waals surface area contributed by atoms with Gasteiger partial charge >= 0.3 is 0 Å². The van der Waals surface area contributed by atoms with Crippen LogP contribution in [0.15, 0.2) is 23.1 Å². The van der Waals surface area contributed by atoms with Gasteiger partial charge in [-0.15, -0.1) is 0 Å². The lowest BCUT2D eigenvalue weighted by Crippen LogP contribution is -2.05. The third-order valence-electron chi connectivity index (χ3n) is 2.94. The second-order valence-corrected chi connectivity index (χ2v) is 6.30. The van der Waals surface area contributed by atoms with E-state index in [4.69, 9.17) is 17.3 Å². The summed E-state index contributed by atoms with van der Waals surface area (Å²) in [5, 5.41) is 4.78. The van der Waals surface area contributed by atoms with Crippen molar-refractivity contribution in [2.75, 3.05) is 5.73 Å². The molecule has 6 heteroatoms. The highest BCUT2D eigenvalue weighted by atomic mass is 35.5. The molecule has 2 N–H and O–H groups in total. The molecule has 4 nitrogen and oxygen atoms in total. The summed E-state index contributed by atoms with van der Waals surface area (Å²) in [6, 6.07) is 5.53. The molecule has 0 fully saturated rings. The Morgan fingerprint density at radius 1 is 1.42 bits per heavy atom. The minimum absolute atomic E-state index is 0.309. The smallest absolute Gasteiger partial charge is 0.0856 e. The summed E-state index contributed by atoms with van der Waals surface area (Å²) in [5.74, 6) is 0.309. The first-order chi connectivity index (χ1) is 8.90. The number of anilines is 1. The summed E-state index contributed by atoms with van der Waals surface area (Å²) in [5.41, 5.74) is 9.01. The molecule has 1 heterocycles. The number of aromatic nitrogens is 2. The van der Waals surface area contributed by atoms with E-state index in [0.717, 1.165) is 17.0 Å². The number of nitrogens with two attached hydrogens (primary N) is 1. The van der Waals surface area contributed by atoms with Crippen LogP contribution in [0.4, 0.5) is 5.69 Å². The highest BCUT2D eigenvalue weighted by Crippen LogP contribution is 2.25. The van der Waals surface area contributed by atoms with Crippen molar-refractivity contribution in [2.45, 2.75) is 24.5 Å². The van der Waals surface area contributed by atoms with Gasteiger partial charge in [-0.1, -0.05) is 17.7 Å². The molecule has 2 rings (SSSR count). The number of rotatable bonds is 3. The van der Waals surface area contributed by atoms with Crippen molar-refractivity contribution in [3.8, 4) is 0 Å². The predicted octanol–water partition coefficient (Wildman–Crippen LogP) is 2.58. The van der Waals surface area contributed by atoms with Gasteiger partial charge in [0.05, 0.1) is 37.9 Å². The van der Waals surface area contributed by atoms with Crippen LogP contribution in [0.25, 0.3) is 0 Å². The van der Waals surface area contributed by atoms with E-state index in [-0.39, 0.29) is 0 Å². The SMILES string of the molecule is Cc1ccc(S(=O)Cc2c(Cl)c(C)nn2C)c(N)c1. The van der Waals surface area contributed by atoms with Crippen LogP contribution in [0, 0.1) is 13.8 Å². The molecule has 0 saturated heterocycles. The van der Waals surface area contributed by atoms with Crippen molar-refractivity contribution in [2.24, 2.45) is 7.05 Å². The largest absolute Gasteiger partial charge is 0.398 e. The standard InChI is InChI=1S/C13H16ClN3OS/c1-8-4-5-12(10(15)6-8)19(18)7-11-13(14)9(2)16-17(11)3/h4-6H,7,15H2,1-3H3. The van der Waals surface area contributed by atoms with Crippen molar-refractivity contribution in [1.82, 2.24) is 9.78 Å². The lowest BCUT2D eigenvalue weighted by atomic mass is 10.2. The van der Waals surface area contributed by atoms with Crippen molar-refractivity contribution < 1.29 is 4.21 Å². The average molecular weight is 298 g/mol. The van der Waals surface area contributed by atoms with Crippen molar-refractivity contribution in [3.05, 3.63) is 40.2 Å². The maximum atomic E-state index is 12.4. The zero-order valence-corrected chi connectivity index (χ0v) is 12.7. The molecular formula is C13H16ClN3OS. The second kappa shape index (κ2) is 5.35. The maximum Gasteiger partial charge on any atom is 0.0856 e. The van der Waals surface area contributed by atoms with Crippen molar-refractivity contribution in [3.63, 3.8) is 0 Å².